The first-order valence-corrected chi connectivity index (χ1v) is 13.3. The van der Waals surface area contributed by atoms with Crippen molar-refractivity contribution in [1.82, 2.24) is 4.90 Å². The van der Waals surface area contributed by atoms with E-state index in [1.54, 1.807) is 6.07 Å². The van der Waals surface area contributed by atoms with E-state index in [1.165, 1.54) is 17.2 Å². The summed E-state index contributed by atoms with van der Waals surface area (Å²) in [6.45, 7) is 2.73. The van der Waals surface area contributed by atoms with Crippen LogP contribution in [0.5, 0.6) is 0 Å². The molecule has 1 saturated heterocycles. The third kappa shape index (κ3) is 5.35. The third-order valence-corrected chi connectivity index (χ3v) is 7.98. The maximum Gasteiger partial charge on any atom is 0.142 e. The number of allylic oxidation sites excluding steroid dienone is 1. The van der Waals surface area contributed by atoms with E-state index >= 15 is 0 Å². The zero-order valence-electron chi connectivity index (χ0n) is 20.6. The smallest absolute Gasteiger partial charge is 0.142 e. The van der Waals surface area contributed by atoms with Crippen LogP contribution in [0.3, 0.4) is 0 Å². The minimum absolute atomic E-state index is 0.180. The summed E-state index contributed by atoms with van der Waals surface area (Å²) in [6.07, 6.45) is 5.49. The summed E-state index contributed by atoms with van der Waals surface area (Å²) in [7, 11) is 0. The highest BCUT2D eigenvalue weighted by molar-refractivity contribution is 6.33. The lowest BCUT2D eigenvalue weighted by Crippen LogP contribution is -2.22. The lowest BCUT2D eigenvalue weighted by Gasteiger charge is -2.19. The van der Waals surface area contributed by atoms with Crippen LogP contribution in [-0.4, -0.2) is 31.2 Å². The molecule has 0 amide bonds. The van der Waals surface area contributed by atoms with E-state index < -0.39 is 5.82 Å². The topological polar surface area (TPSA) is 29.3 Å². The Kier molecular flexibility index (Phi) is 7.73. The molecule has 0 radical (unpaired) electrons. The van der Waals surface area contributed by atoms with Crippen molar-refractivity contribution in [2.45, 2.75) is 38.5 Å². The second-order valence-electron chi connectivity index (χ2n) is 10.1. The molecule has 3 aromatic carbocycles. The number of nitrogen functional groups attached to an aromatic ring is 1. The summed E-state index contributed by atoms with van der Waals surface area (Å²) in [5, 5.41) is 0.180. The van der Waals surface area contributed by atoms with E-state index in [0.29, 0.717) is 12.3 Å². The molecular weight excluding hydrogens is 474 g/mol. The number of hydrogen-bond acceptors (Lipinski definition) is 2. The van der Waals surface area contributed by atoms with E-state index in [9.17, 15) is 8.78 Å². The molecular formula is C31H33ClF2N2. The molecule has 5 rings (SSSR count). The molecule has 36 heavy (non-hydrogen) atoms. The third-order valence-electron chi connectivity index (χ3n) is 7.59. The van der Waals surface area contributed by atoms with Crippen LogP contribution < -0.4 is 5.73 Å². The molecule has 5 heteroatoms. The van der Waals surface area contributed by atoms with Crippen molar-refractivity contribution in [1.29, 1.82) is 0 Å². The molecule has 0 bridgehead atoms. The van der Waals surface area contributed by atoms with Gasteiger partial charge in [-0.15, -0.1) is 0 Å². The van der Waals surface area contributed by atoms with Crippen molar-refractivity contribution in [2.75, 3.05) is 32.0 Å². The van der Waals surface area contributed by atoms with E-state index in [2.05, 4.69) is 41.3 Å². The number of fused-ring (bicyclic) bond motifs is 1. The summed E-state index contributed by atoms with van der Waals surface area (Å²) < 4.78 is 27.0. The summed E-state index contributed by atoms with van der Waals surface area (Å²) in [4.78, 5) is 2.38. The van der Waals surface area contributed by atoms with Crippen molar-refractivity contribution in [3.63, 3.8) is 0 Å². The Morgan fingerprint density at radius 1 is 1.00 bits per heavy atom. The van der Waals surface area contributed by atoms with E-state index in [4.69, 9.17) is 17.3 Å². The van der Waals surface area contributed by atoms with Crippen LogP contribution in [0.4, 0.5) is 14.5 Å². The van der Waals surface area contributed by atoms with Gasteiger partial charge in [-0.2, -0.15) is 0 Å². The monoisotopic (exact) mass is 506 g/mol. The minimum atomic E-state index is -0.393. The maximum absolute atomic E-state index is 14.5. The fraction of sp³-hybridized carbons (Fsp3) is 0.355. The molecule has 0 aromatic heterocycles. The van der Waals surface area contributed by atoms with Gasteiger partial charge in [0, 0.05) is 18.8 Å². The molecule has 1 fully saturated rings. The molecule has 1 aliphatic carbocycles. The zero-order chi connectivity index (χ0) is 25.1. The molecule has 3 aromatic rings. The van der Waals surface area contributed by atoms with Crippen LogP contribution in [0.2, 0.25) is 5.02 Å². The van der Waals surface area contributed by atoms with Crippen LogP contribution >= 0.6 is 11.6 Å². The summed E-state index contributed by atoms with van der Waals surface area (Å²) >= 11 is 6.49. The number of halogens is 3. The van der Waals surface area contributed by atoms with Gasteiger partial charge in [-0.3, -0.25) is 4.39 Å². The molecule has 2 nitrogen and oxygen atoms in total. The van der Waals surface area contributed by atoms with Crippen molar-refractivity contribution < 1.29 is 8.78 Å². The van der Waals surface area contributed by atoms with Gasteiger partial charge in [-0.05, 0) is 108 Å². The van der Waals surface area contributed by atoms with Crippen molar-refractivity contribution in [3.05, 3.63) is 99.3 Å². The van der Waals surface area contributed by atoms with Crippen molar-refractivity contribution >= 4 is 28.4 Å². The predicted molar refractivity (Wildman–Crippen MR) is 146 cm³/mol. The normalized spacial score (nSPS) is 18.4. The number of rotatable bonds is 7. The van der Waals surface area contributed by atoms with Crippen LogP contribution in [0.25, 0.3) is 11.1 Å². The van der Waals surface area contributed by atoms with Gasteiger partial charge in [-0.25, -0.2) is 4.39 Å². The highest BCUT2D eigenvalue weighted by Crippen LogP contribution is 2.42. The Hall–Kier alpha value is -2.69. The number of alkyl halides is 1. The summed E-state index contributed by atoms with van der Waals surface area (Å²) in [5.74, 6) is 0.216. The second kappa shape index (κ2) is 11.1. The molecule has 2 N–H and O–H groups in total. The molecule has 188 valence electrons. The van der Waals surface area contributed by atoms with E-state index in [-0.39, 0.29) is 11.7 Å². The average molecular weight is 507 g/mol. The van der Waals surface area contributed by atoms with Gasteiger partial charge in [0.15, 0.2) is 0 Å². The van der Waals surface area contributed by atoms with Crippen LogP contribution in [0.15, 0.2) is 60.7 Å². The van der Waals surface area contributed by atoms with Gasteiger partial charge in [0.25, 0.3) is 0 Å². The highest BCUT2D eigenvalue weighted by atomic mass is 35.5. The number of aryl methyl sites for hydroxylation is 1. The minimum Gasteiger partial charge on any atom is -0.399 e. The first kappa shape index (κ1) is 25.0. The number of nitrogens with zero attached hydrogens (tertiary/aromatic N) is 1. The predicted octanol–water partition coefficient (Wildman–Crippen LogP) is 7.58. The Morgan fingerprint density at radius 2 is 1.83 bits per heavy atom. The van der Waals surface area contributed by atoms with Crippen LogP contribution in [0.1, 0.15) is 53.5 Å². The second-order valence-corrected chi connectivity index (χ2v) is 10.5. The molecule has 1 aliphatic heterocycles. The lowest BCUT2D eigenvalue weighted by molar-refractivity contribution is 0.301. The molecule has 0 unspecified atom stereocenters. The van der Waals surface area contributed by atoms with Gasteiger partial charge in [0.1, 0.15) is 5.82 Å². The number of nitrogens with two attached hydrogens (primary N) is 1. The maximum atomic E-state index is 14.5. The molecule has 0 saturated carbocycles. The molecule has 1 heterocycles. The van der Waals surface area contributed by atoms with Gasteiger partial charge in [-0.1, -0.05) is 54.1 Å². The first-order chi connectivity index (χ1) is 17.5. The van der Waals surface area contributed by atoms with Gasteiger partial charge in [0.2, 0.25) is 0 Å². The average Bonchev–Trinajstić information content (AvgIpc) is 3.24. The largest absolute Gasteiger partial charge is 0.399 e. The van der Waals surface area contributed by atoms with Gasteiger partial charge >= 0.3 is 0 Å². The van der Waals surface area contributed by atoms with Crippen LogP contribution in [-0.2, 0) is 12.8 Å². The van der Waals surface area contributed by atoms with E-state index in [1.807, 2.05) is 12.1 Å². The Morgan fingerprint density at radius 3 is 2.64 bits per heavy atom. The molecule has 2 aliphatic rings. The number of hydrogen-bond donors (Lipinski definition) is 1. The Labute approximate surface area is 217 Å². The van der Waals surface area contributed by atoms with E-state index in [0.717, 1.165) is 85.3 Å². The van der Waals surface area contributed by atoms with Crippen molar-refractivity contribution in [3.8, 4) is 0 Å². The first-order valence-electron chi connectivity index (χ1n) is 13.0. The summed E-state index contributed by atoms with van der Waals surface area (Å²) in [6, 6.07) is 20.0. The fourth-order valence-electron chi connectivity index (χ4n) is 5.85. The van der Waals surface area contributed by atoms with Crippen molar-refractivity contribution in [2.24, 2.45) is 5.92 Å². The fourth-order valence-corrected chi connectivity index (χ4v) is 6.09. The van der Waals surface area contributed by atoms with Gasteiger partial charge < -0.3 is 10.6 Å². The quantitative estimate of drug-likeness (QED) is 0.334. The standard InChI is InChI=1S/C31H33ClF2N2/c32-31-28(6-2-7-29(31)34)27-5-1-4-24-19-25(35)12-13-26(24)30(27)23-10-8-21(9-11-23)18-22-14-17-36(20-22)16-3-15-33/h2,6-13,19,22H,1,3-5,14-18,20,35H2/t22-/m1/s1. The molecule has 0 spiro atoms. The van der Waals surface area contributed by atoms with Crippen LogP contribution in [0, 0.1) is 11.7 Å². The Bertz CT molecular complexity index is 1250. The SMILES string of the molecule is Nc1ccc2c(c1)CCCC(c1cccc(F)c1Cl)=C2c1ccc(C[C@H]2CCN(CCCF)C2)cc1. The number of likely N-dealkylation sites (tertiary alicyclic amines) is 1. The summed E-state index contributed by atoms with van der Waals surface area (Å²) in [5.41, 5.74) is 14.6. The lowest BCUT2D eigenvalue weighted by atomic mass is 9.87. The zero-order valence-corrected chi connectivity index (χ0v) is 21.3. The Balaban J connectivity index is 1.50. The highest BCUT2D eigenvalue weighted by Gasteiger charge is 2.24. The van der Waals surface area contributed by atoms with Gasteiger partial charge in [0.05, 0.1) is 11.7 Å². The number of benzene rings is 3. The number of anilines is 1. The molecule has 1 atom stereocenters.